The quantitative estimate of drug-likeness (QED) is 0.713. The Labute approximate surface area is 185 Å². The molecular formula is C19H20Cl3N3O3S. The Kier molecular flexibility index (Phi) is 7.09. The van der Waals surface area contributed by atoms with Gasteiger partial charge in [-0.15, -0.1) is 0 Å². The number of benzene rings is 2. The summed E-state index contributed by atoms with van der Waals surface area (Å²) in [5, 5.41) is 3.65. The van der Waals surface area contributed by atoms with Gasteiger partial charge in [-0.05, 0) is 42.9 Å². The number of carbonyl (C=O) groups excluding carboxylic acids is 1. The van der Waals surface area contributed by atoms with Crippen LogP contribution in [0.4, 0.5) is 5.69 Å². The maximum atomic E-state index is 12.9. The van der Waals surface area contributed by atoms with Gasteiger partial charge in [-0.25, -0.2) is 8.42 Å². The monoisotopic (exact) mass is 475 g/mol. The first-order chi connectivity index (χ1) is 13.7. The molecule has 1 aliphatic rings. The Morgan fingerprint density at radius 2 is 1.62 bits per heavy atom. The summed E-state index contributed by atoms with van der Waals surface area (Å²) in [6, 6.07) is 9.26. The van der Waals surface area contributed by atoms with Crippen molar-refractivity contribution in [2.75, 3.05) is 38.5 Å². The highest BCUT2D eigenvalue weighted by atomic mass is 35.5. The third-order valence-electron chi connectivity index (χ3n) is 4.71. The van der Waals surface area contributed by atoms with Gasteiger partial charge >= 0.3 is 0 Å². The number of nitrogens with zero attached hydrogens (tertiary/aromatic N) is 2. The molecule has 0 bridgehead atoms. The summed E-state index contributed by atoms with van der Waals surface area (Å²) in [7, 11) is -1.73. The molecule has 156 valence electrons. The Hall–Kier alpha value is -1.35. The summed E-state index contributed by atoms with van der Waals surface area (Å²) < 4.78 is 27.3. The van der Waals surface area contributed by atoms with Crippen LogP contribution in [0.15, 0.2) is 41.3 Å². The molecule has 1 saturated heterocycles. The van der Waals surface area contributed by atoms with Crippen molar-refractivity contribution < 1.29 is 13.2 Å². The number of nitrogens with one attached hydrogen (secondary N) is 1. The third kappa shape index (κ3) is 5.23. The van der Waals surface area contributed by atoms with Crippen LogP contribution in [0.2, 0.25) is 15.1 Å². The predicted octanol–water partition coefficient (Wildman–Crippen LogP) is 3.76. The van der Waals surface area contributed by atoms with Crippen molar-refractivity contribution in [2.45, 2.75) is 11.3 Å². The SMILES string of the molecule is CN1CCN(S(=O)(=O)c2ccc(Cl)c(NC(=O)Cc3c(Cl)cccc3Cl)c2)CC1. The average Bonchev–Trinajstić information content (AvgIpc) is 2.67. The second-order valence-electron chi connectivity index (χ2n) is 6.77. The normalized spacial score (nSPS) is 16.0. The molecule has 1 heterocycles. The number of hydrogen-bond donors (Lipinski definition) is 1. The molecule has 1 aliphatic heterocycles. The van der Waals surface area contributed by atoms with Crippen molar-refractivity contribution in [1.82, 2.24) is 9.21 Å². The van der Waals surface area contributed by atoms with Crippen LogP contribution in [0.1, 0.15) is 5.56 Å². The topological polar surface area (TPSA) is 69.7 Å². The fourth-order valence-electron chi connectivity index (χ4n) is 2.99. The van der Waals surface area contributed by atoms with E-state index in [4.69, 9.17) is 34.8 Å². The van der Waals surface area contributed by atoms with Crippen molar-refractivity contribution in [3.05, 3.63) is 57.0 Å². The minimum Gasteiger partial charge on any atom is -0.324 e. The molecule has 0 saturated carbocycles. The van der Waals surface area contributed by atoms with E-state index in [1.807, 2.05) is 7.05 Å². The fraction of sp³-hybridized carbons (Fsp3) is 0.316. The van der Waals surface area contributed by atoms with Crippen LogP contribution < -0.4 is 5.32 Å². The molecule has 0 spiro atoms. The summed E-state index contributed by atoms with van der Waals surface area (Å²) in [5.41, 5.74) is 0.709. The van der Waals surface area contributed by atoms with E-state index < -0.39 is 15.9 Å². The van der Waals surface area contributed by atoms with Crippen molar-refractivity contribution in [3.63, 3.8) is 0 Å². The zero-order valence-corrected chi connectivity index (χ0v) is 18.7. The van der Waals surface area contributed by atoms with Gasteiger partial charge in [0.1, 0.15) is 0 Å². The lowest BCUT2D eigenvalue weighted by Gasteiger charge is -2.31. The predicted molar refractivity (Wildman–Crippen MR) is 117 cm³/mol. The average molecular weight is 477 g/mol. The van der Waals surface area contributed by atoms with Crippen LogP contribution in [0, 0.1) is 0 Å². The number of amides is 1. The molecule has 1 amide bonds. The van der Waals surface area contributed by atoms with Gasteiger partial charge in [-0.3, -0.25) is 4.79 Å². The number of carbonyl (C=O) groups is 1. The van der Waals surface area contributed by atoms with Gasteiger partial charge in [0.2, 0.25) is 15.9 Å². The van der Waals surface area contributed by atoms with E-state index in [-0.39, 0.29) is 22.0 Å². The zero-order valence-electron chi connectivity index (χ0n) is 15.7. The van der Waals surface area contributed by atoms with Gasteiger partial charge in [0.15, 0.2) is 0 Å². The third-order valence-corrected chi connectivity index (χ3v) is 7.64. The smallest absolute Gasteiger partial charge is 0.243 e. The Morgan fingerprint density at radius 1 is 1.00 bits per heavy atom. The lowest BCUT2D eigenvalue weighted by molar-refractivity contribution is -0.115. The second-order valence-corrected chi connectivity index (χ2v) is 9.93. The maximum Gasteiger partial charge on any atom is 0.243 e. The van der Waals surface area contributed by atoms with Gasteiger partial charge < -0.3 is 10.2 Å². The highest BCUT2D eigenvalue weighted by molar-refractivity contribution is 7.89. The summed E-state index contributed by atoms with van der Waals surface area (Å²) in [6.45, 7) is 2.15. The molecule has 0 radical (unpaired) electrons. The van der Waals surface area contributed by atoms with Crippen LogP contribution in [0.3, 0.4) is 0 Å². The molecule has 6 nitrogen and oxygen atoms in total. The lowest BCUT2D eigenvalue weighted by Crippen LogP contribution is -2.47. The number of piperazine rings is 1. The van der Waals surface area contributed by atoms with Gasteiger partial charge in [0, 0.05) is 36.2 Å². The van der Waals surface area contributed by atoms with Crippen molar-refractivity contribution >= 4 is 56.4 Å². The summed E-state index contributed by atoms with van der Waals surface area (Å²) in [5.74, 6) is -0.406. The minimum absolute atomic E-state index is 0.0652. The molecule has 2 aromatic rings. The summed E-state index contributed by atoms with van der Waals surface area (Å²) in [4.78, 5) is 14.6. The van der Waals surface area contributed by atoms with E-state index in [1.165, 1.54) is 22.5 Å². The molecule has 3 rings (SSSR count). The van der Waals surface area contributed by atoms with Crippen LogP contribution in [0.5, 0.6) is 0 Å². The van der Waals surface area contributed by atoms with Gasteiger partial charge in [0.25, 0.3) is 0 Å². The number of hydrogen-bond acceptors (Lipinski definition) is 4. The molecule has 2 aromatic carbocycles. The van der Waals surface area contributed by atoms with Crippen molar-refractivity contribution in [2.24, 2.45) is 0 Å². The lowest BCUT2D eigenvalue weighted by atomic mass is 10.1. The number of anilines is 1. The Balaban J connectivity index is 1.79. The first kappa shape index (κ1) is 22.3. The zero-order chi connectivity index (χ0) is 21.2. The van der Waals surface area contributed by atoms with E-state index in [9.17, 15) is 13.2 Å². The van der Waals surface area contributed by atoms with Crippen LogP contribution >= 0.6 is 34.8 Å². The summed E-state index contributed by atoms with van der Waals surface area (Å²) >= 11 is 18.4. The van der Waals surface area contributed by atoms with Crippen LogP contribution in [-0.2, 0) is 21.2 Å². The molecule has 1 N–H and O–H groups in total. The van der Waals surface area contributed by atoms with E-state index >= 15 is 0 Å². The molecule has 0 aliphatic carbocycles. The first-order valence-electron chi connectivity index (χ1n) is 8.89. The molecule has 0 aromatic heterocycles. The largest absolute Gasteiger partial charge is 0.324 e. The Bertz CT molecular complexity index is 1000. The standard InChI is InChI=1S/C19H20Cl3N3O3S/c1-24-7-9-25(10-8-24)29(27,28)13-5-6-17(22)18(11-13)23-19(26)12-14-15(20)3-2-4-16(14)21/h2-6,11H,7-10,12H2,1H3,(H,23,26). The molecule has 0 unspecified atom stereocenters. The van der Waals surface area contributed by atoms with Crippen LogP contribution in [-0.4, -0.2) is 56.8 Å². The van der Waals surface area contributed by atoms with E-state index in [2.05, 4.69) is 10.2 Å². The minimum atomic E-state index is -3.68. The molecule has 1 fully saturated rings. The number of rotatable bonds is 5. The van der Waals surface area contributed by atoms with E-state index in [0.29, 0.717) is 41.8 Å². The molecule has 10 heteroatoms. The fourth-order valence-corrected chi connectivity index (χ4v) is 5.14. The Morgan fingerprint density at radius 3 is 2.24 bits per heavy atom. The van der Waals surface area contributed by atoms with Gasteiger partial charge in [-0.1, -0.05) is 40.9 Å². The second kappa shape index (κ2) is 9.20. The maximum absolute atomic E-state index is 12.9. The van der Waals surface area contributed by atoms with Gasteiger partial charge in [-0.2, -0.15) is 4.31 Å². The van der Waals surface area contributed by atoms with E-state index in [0.717, 1.165) is 0 Å². The van der Waals surface area contributed by atoms with Gasteiger partial charge in [0.05, 0.1) is 22.0 Å². The van der Waals surface area contributed by atoms with Crippen molar-refractivity contribution in [1.29, 1.82) is 0 Å². The highest BCUT2D eigenvalue weighted by Crippen LogP contribution is 2.29. The molecule has 0 atom stereocenters. The van der Waals surface area contributed by atoms with E-state index in [1.54, 1.807) is 18.2 Å². The number of likely N-dealkylation sites (N-methyl/N-ethyl adjacent to an activating group) is 1. The molecule has 29 heavy (non-hydrogen) atoms. The summed E-state index contributed by atoms with van der Waals surface area (Å²) in [6.07, 6.45) is -0.0652. The van der Waals surface area contributed by atoms with Crippen LogP contribution in [0.25, 0.3) is 0 Å². The first-order valence-corrected chi connectivity index (χ1v) is 11.5. The van der Waals surface area contributed by atoms with Crippen molar-refractivity contribution in [3.8, 4) is 0 Å². The number of halogens is 3. The molecular weight excluding hydrogens is 457 g/mol. The highest BCUT2D eigenvalue weighted by Gasteiger charge is 2.28. The number of sulfonamides is 1.